The highest BCUT2D eigenvalue weighted by atomic mass is 19.4. The lowest BCUT2D eigenvalue weighted by Crippen LogP contribution is -2.29. The van der Waals surface area contributed by atoms with Crippen molar-refractivity contribution in [3.63, 3.8) is 0 Å². The Hall–Kier alpha value is -3.56. The molecule has 1 aliphatic rings. The number of hydrogen-bond donors (Lipinski definition) is 1. The molecule has 1 N–H and O–H groups in total. The third-order valence-corrected chi connectivity index (χ3v) is 5.10. The molecule has 0 aliphatic carbocycles. The van der Waals surface area contributed by atoms with Gasteiger partial charge < -0.3 is 15.0 Å². The van der Waals surface area contributed by atoms with E-state index in [1.807, 2.05) is 24.3 Å². The molecular weight excluding hydrogens is 423 g/mol. The summed E-state index contributed by atoms with van der Waals surface area (Å²) in [4.78, 5) is 15.7. The Morgan fingerprint density at radius 2 is 1.69 bits per heavy atom. The lowest BCUT2D eigenvalue weighted by Gasteiger charge is -2.30. The summed E-state index contributed by atoms with van der Waals surface area (Å²) in [5.74, 6) is -0.363. The van der Waals surface area contributed by atoms with E-state index >= 15 is 0 Å². The van der Waals surface area contributed by atoms with Crippen LogP contribution in [0.2, 0.25) is 0 Å². The summed E-state index contributed by atoms with van der Waals surface area (Å²) < 4.78 is 41.0. The van der Waals surface area contributed by atoms with Gasteiger partial charge in [0, 0.05) is 20.0 Å². The molecule has 0 radical (unpaired) electrons. The van der Waals surface area contributed by atoms with Gasteiger partial charge in [0.2, 0.25) is 0 Å². The number of piperidine rings is 1. The van der Waals surface area contributed by atoms with Crippen molar-refractivity contribution in [2.45, 2.75) is 32.5 Å². The van der Waals surface area contributed by atoms with E-state index in [9.17, 15) is 18.0 Å². The minimum Gasteiger partial charge on any atom is -0.406 e. The second-order valence-electron chi connectivity index (χ2n) is 7.47. The first-order valence-electron chi connectivity index (χ1n) is 10.3. The zero-order valence-corrected chi connectivity index (χ0v) is 17.4. The summed E-state index contributed by atoms with van der Waals surface area (Å²) in [6, 6.07) is 12.9. The second kappa shape index (κ2) is 8.89. The van der Waals surface area contributed by atoms with Gasteiger partial charge in [-0.15, -0.1) is 28.2 Å². The molecule has 168 valence electrons. The van der Waals surface area contributed by atoms with E-state index in [2.05, 4.69) is 25.2 Å². The normalized spacial score (nSPS) is 14.3. The Bertz CT molecular complexity index is 1090. The molecule has 1 saturated heterocycles. The first-order chi connectivity index (χ1) is 15.3. The number of Topliss-reactive ketones (excluding diaryl/α,β-unsaturated/α-hetero) is 1. The smallest absolute Gasteiger partial charge is 0.406 e. The van der Waals surface area contributed by atoms with Crippen molar-refractivity contribution >= 4 is 23.0 Å². The van der Waals surface area contributed by atoms with E-state index in [0.717, 1.165) is 37.3 Å². The van der Waals surface area contributed by atoms with Gasteiger partial charge in [0.25, 0.3) is 0 Å². The minimum atomic E-state index is -4.77. The van der Waals surface area contributed by atoms with Crippen molar-refractivity contribution < 1.29 is 22.7 Å². The number of rotatable bonds is 6. The van der Waals surface area contributed by atoms with Crippen LogP contribution in [0.4, 0.5) is 30.4 Å². The van der Waals surface area contributed by atoms with Crippen molar-refractivity contribution in [2.24, 2.45) is 0 Å². The van der Waals surface area contributed by atoms with Crippen molar-refractivity contribution in [3.8, 4) is 11.4 Å². The largest absolute Gasteiger partial charge is 0.573 e. The maximum atomic E-state index is 12.4. The predicted octanol–water partition coefficient (Wildman–Crippen LogP) is 5.10. The lowest BCUT2D eigenvalue weighted by atomic mass is 10.1. The van der Waals surface area contributed by atoms with Crippen LogP contribution < -0.4 is 15.0 Å². The Kier molecular flexibility index (Phi) is 6.02. The standard InChI is InChI=1S/C22H22F3N5O2/c1-15(31)20-21(26-18-7-3-4-8-19(18)29-13-5-2-6-14-29)28-30(27-20)16-9-11-17(12-10-16)32-22(23,24)25/h3-4,7-12H,2,5-6,13-14H2,1H3,(H,26,28). The summed E-state index contributed by atoms with van der Waals surface area (Å²) in [5.41, 5.74) is 2.34. The predicted molar refractivity (Wildman–Crippen MR) is 114 cm³/mol. The quantitative estimate of drug-likeness (QED) is 0.532. The number of benzene rings is 2. The third kappa shape index (κ3) is 5.01. The molecule has 1 aromatic heterocycles. The molecule has 3 aromatic rings. The van der Waals surface area contributed by atoms with Crippen LogP contribution in [0.3, 0.4) is 0 Å². The third-order valence-electron chi connectivity index (χ3n) is 5.10. The Morgan fingerprint density at radius 1 is 1.00 bits per heavy atom. The topological polar surface area (TPSA) is 72.3 Å². The van der Waals surface area contributed by atoms with Crippen molar-refractivity contribution in [3.05, 3.63) is 54.2 Å². The fourth-order valence-corrected chi connectivity index (χ4v) is 3.64. The van der Waals surface area contributed by atoms with E-state index in [1.165, 1.54) is 42.4 Å². The number of nitrogens with one attached hydrogen (secondary N) is 1. The summed E-state index contributed by atoms with van der Waals surface area (Å²) in [7, 11) is 0. The van der Waals surface area contributed by atoms with Crippen molar-refractivity contribution in [1.29, 1.82) is 0 Å². The summed E-state index contributed by atoms with van der Waals surface area (Å²) in [5, 5.41) is 11.8. The van der Waals surface area contributed by atoms with E-state index in [1.54, 1.807) is 0 Å². The number of alkyl halides is 3. The van der Waals surface area contributed by atoms with E-state index < -0.39 is 6.36 Å². The minimum absolute atomic E-state index is 0.133. The highest BCUT2D eigenvalue weighted by Crippen LogP contribution is 2.31. The van der Waals surface area contributed by atoms with Gasteiger partial charge >= 0.3 is 6.36 Å². The molecule has 32 heavy (non-hydrogen) atoms. The van der Waals surface area contributed by atoms with Gasteiger partial charge in [-0.25, -0.2) is 0 Å². The zero-order valence-electron chi connectivity index (χ0n) is 17.4. The van der Waals surface area contributed by atoms with Gasteiger partial charge in [-0.2, -0.15) is 0 Å². The monoisotopic (exact) mass is 445 g/mol. The molecular formula is C22H22F3N5O2. The molecule has 10 heteroatoms. The fraction of sp³-hybridized carbons (Fsp3) is 0.318. The van der Waals surface area contributed by atoms with Gasteiger partial charge in [0.15, 0.2) is 17.3 Å². The number of aromatic nitrogens is 3. The van der Waals surface area contributed by atoms with Crippen LogP contribution in [0.25, 0.3) is 5.69 Å². The highest BCUT2D eigenvalue weighted by Gasteiger charge is 2.31. The molecule has 2 heterocycles. The first kappa shape index (κ1) is 21.7. The molecule has 0 atom stereocenters. The molecule has 0 bridgehead atoms. The van der Waals surface area contributed by atoms with E-state index in [-0.39, 0.29) is 23.0 Å². The van der Waals surface area contributed by atoms with Crippen molar-refractivity contribution in [1.82, 2.24) is 15.0 Å². The van der Waals surface area contributed by atoms with Crippen molar-refractivity contribution in [2.75, 3.05) is 23.3 Å². The molecule has 1 aliphatic heterocycles. The van der Waals surface area contributed by atoms with Crippen LogP contribution >= 0.6 is 0 Å². The van der Waals surface area contributed by atoms with Crippen LogP contribution in [0.15, 0.2) is 48.5 Å². The number of ether oxygens (including phenoxy) is 1. The molecule has 4 rings (SSSR count). The van der Waals surface area contributed by atoms with Gasteiger partial charge in [-0.1, -0.05) is 12.1 Å². The van der Waals surface area contributed by atoms with Crippen LogP contribution in [0, 0.1) is 0 Å². The number of carbonyl (C=O) groups is 1. The number of para-hydroxylation sites is 2. The highest BCUT2D eigenvalue weighted by molar-refractivity contribution is 5.97. The number of hydrogen-bond acceptors (Lipinski definition) is 6. The summed E-state index contributed by atoms with van der Waals surface area (Å²) in [6.07, 6.45) is -1.32. The van der Waals surface area contributed by atoms with Gasteiger partial charge in [-0.3, -0.25) is 4.79 Å². The van der Waals surface area contributed by atoms with Crippen LogP contribution in [0.1, 0.15) is 36.7 Å². The van der Waals surface area contributed by atoms with Gasteiger partial charge in [-0.05, 0) is 55.7 Å². The molecule has 0 saturated carbocycles. The average molecular weight is 445 g/mol. The van der Waals surface area contributed by atoms with Crippen LogP contribution in [-0.4, -0.2) is 40.2 Å². The lowest BCUT2D eigenvalue weighted by molar-refractivity contribution is -0.274. The van der Waals surface area contributed by atoms with E-state index in [4.69, 9.17) is 0 Å². The molecule has 2 aromatic carbocycles. The Morgan fingerprint density at radius 3 is 2.34 bits per heavy atom. The van der Waals surface area contributed by atoms with Gasteiger partial charge in [0.05, 0.1) is 17.1 Å². The maximum absolute atomic E-state index is 12.4. The number of ketones is 1. The molecule has 7 nitrogen and oxygen atoms in total. The number of halogens is 3. The number of anilines is 3. The fourth-order valence-electron chi connectivity index (χ4n) is 3.64. The van der Waals surface area contributed by atoms with Gasteiger partial charge in [0.1, 0.15) is 5.75 Å². The summed E-state index contributed by atoms with van der Waals surface area (Å²) in [6.45, 7) is 3.30. The molecule has 0 unspecified atom stereocenters. The zero-order chi connectivity index (χ0) is 22.7. The van der Waals surface area contributed by atoms with E-state index in [0.29, 0.717) is 5.69 Å². The average Bonchev–Trinajstić information content (AvgIpc) is 3.18. The number of carbonyl (C=O) groups excluding carboxylic acids is 1. The maximum Gasteiger partial charge on any atom is 0.573 e. The van der Waals surface area contributed by atoms with Crippen LogP contribution in [0.5, 0.6) is 5.75 Å². The first-order valence-corrected chi connectivity index (χ1v) is 10.3. The molecule has 0 spiro atoms. The second-order valence-corrected chi connectivity index (χ2v) is 7.47. The Balaban J connectivity index is 1.62. The van der Waals surface area contributed by atoms with Crippen LogP contribution in [-0.2, 0) is 0 Å². The Labute approximate surface area is 182 Å². The molecule has 1 fully saturated rings. The SMILES string of the molecule is CC(=O)c1nn(-c2ccc(OC(F)(F)F)cc2)nc1Nc1ccccc1N1CCCCC1. The summed E-state index contributed by atoms with van der Waals surface area (Å²) >= 11 is 0. The molecule has 0 amide bonds. The number of nitrogens with zero attached hydrogens (tertiary/aromatic N) is 4.